The molecule has 0 amide bonds. The Morgan fingerprint density at radius 2 is 1.76 bits per heavy atom. The Morgan fingerprint density at radius 1 is 1.06 bits per heavy atom. The first kappa shape index (κ1) is 13.4. The van der Waals surface area contributed by atoms with Crippen LogP contribution in [0.4, 0.5) is 0 Å². The summed E-state index contributed by atoms with van der Waals surface area (Å²) in [6.45, 7) is 10.6. The maximum atomic E-state index is 3.74. The highest BCUT2D eigenvalue weighted by Gasteiger charge is 2.36. The molecule has 2 saturated carbocycles. The summed E-state index contributed by atoms with van der Waals surface area (Å²) in [6.07, 6.45) is 8.95. The van der Waals surface area contributed by atoms with Crippen molar-refractivity contribution in [3.63, 3.8) is 0 Å². The average molecular weight is 237 g/mol. The third kappa shape index (κ3) is 3.71. The van der Waals surface area contributed by atoms with Crippen LogP contribution in [0.25, 0.3) is 0 Å². The van der Waals surface area contributed by atoms with Crippen LogP contribution in [0.1, 0.15) is 66.2 Å². The van der Waals surface area contributed by atoms with E-state index in [2.05, 4.69) is 33.0 Å². The van der Waals surface area contributed by atoms with Gasteiger partial charge < -0.3 is 5.32 Å². The molecule has 0 radical (unpaired) electrons. The van der Waals surface area contributed by atoms with Gasteiger partial charge in [-0.2, -0.15) is 0 Å². The van der Waals surface area contributed by atoms with Crippen LogP contribution in [-0.2, 0) is 0 Å². The monoisotopic (exact) mass is 237 g/mol. The Kier molecular flexibility index (Phi) is 4.18. The van der Waals surface area contributed by atoms with E-state index in [1.165, 1.54) is 45.1 Å². The molecule has 0 bridgehead atoms. The normalized spacial score (nSPS) is 35.6. The molecule has 0 aliphatic heterocycles. The van der Waals surface area contributed by atoms with E-state index in [0.717, 1.165) is 23.7 Å². The zero-order valence-electron chi connectivity index (χ0n) is 12.3. The smallest absolute Gasteiger partial charge is 0.00966 e. The number of rotatable bonds is 3. The summed E-state index contributed by atoms with van der Waals surface area (Å²) in [4.78, 5) is 0. The second kappa shape index (κ2) is 5.30. The Morgan fingerprint density at radius 3 is 2.29 bits per heavy atom. The average Bonchev–Trinajstić information content (AvgIpc) is 2.12. The summed E-state index contributed by atoms with van der Waals surface area (Å²) in [7, 11) is 0. The molecule has 2 fully saturated rings. The number of nitrogens with one attached hydrogen (secondary N) is 1. The Labute approximate surface area is 108 Å². The number of hydrogen-bond donors (Lipinski definition) is 1. The van der Waals surface area contributed by atoms with Crippen LogP contribution in [0.15, 0.2) is 0 Å². The predicted molar refractivity (Wildman–Crippen MR) is 75.1 cm³/mol. The fourth-order valence-corrected chi connectivity index (χ4v) is 3.62. The lowest BCUT2D eigenvalue weighted by atomic mass is 9.63. The molecule has 0 saturated heterocycles. The predicted octanol–water partition coefficient (Wildman–Crippen LogP) is 4.23. The van der Waals surface area contributed by atoms with Crippen LogP contribution in [-0.4, -0.2) is 12.1 Å². The molecule has 1 nitrogen and oxygen atoms in total. The second-order valence-electron chi connectivity index (χ2n) is 7.66. The molecule has 1 heteroatoms. The van der Waals surface area contributed by atoms with Crippen LogP contribution in [0.5, 0.6) is 0 Å². The van der Waals surface area contributed by atoms with E-state index in [0.29, 0.717) is 0 Å². The van der Waals surface area contributed by atoms with Crippen LogP contribution >= 0.6 is 0 Å². The van der Waals surface area contributed by atoms with E-state index in [-0.39, 0.29) is 5.54 Å². The van der Waals surface area contributed by atoms with Crippen molar-refractivity contribution in [3.8, 4) is 0 Å². The topological polar surface area (TPSA) is 12.0 Å². The summed E-state index contributed by atoms with van der Waals surface area (Å²) >= 11 is 0. The van der Waals surface area contributed by atoms with E-state index in [1.807, 2.05) is 0 Å². The van der Waals surface area contributed by atoms with Gasteiger partial charge in [0.25, 0.3) is 0 Å². The summed E-state index contributed by atoms with van der Waals surface area (Å²) in [5, 5.41) is 3.74. The molecule has 3 unspecified atom stereocenters. The van der Waals surface area contributed by atoms with E-state index in [1.54, 1.807) is 0 Å². The molecule has 0 aromatic heterocycles. The standard InChI is InChI=1S/C16H31N/c1-12-8-9-14(11-17-16(2,3)4)15(10-12)13-6-5-7-13/h12-15,17H,5-11H2,1-4H3. The van der Waals surface area contributed by atoms with Gasteiger partial charge in [-0.1, -0.05) is 32.6 Å². The highest BCUT2D eigenvalue weighted by molar-refractivity contribution is 4.88. The Hall–Kier alpha value is -0.0400. The molecule has 100 valence electrons. The SMILES string of the molecule is CC1CCC(CNC(C)(C)C)C(C2CCC2)C1. The molecule has 0 heterocycles. The van der Waals surface area contributed by atoms with Crippen LogP contribution in [0.3, 0.4) is 0 Å². The Bertz CT molecular complexity index is 236. The second-order valence-corrected chi connectivity index (χ2v) is 7.66. The van der Waals surface area contributed by atoms with Crippen molar-refractivity contribution in [1.82, 2.24) is 5.32 Å². The van der Waals surface area contributed by atoms with Crippen molar-refractivity contribution in [2.45, 2.75) is 71.8 Å². The maximum absolute atomic E-state index is 3.74. The summed E-state index contributed by atoms with van der Waals surface area (Å²) in [5.41, 5.74) is 0.285. The van der Waals surface area contributed by atoms with Gasteiger partial charge in [0.05, 0.1) is 0 Å². The van der Waals surface area contributed by atoms with Crippen molar-refractivity contribution >= 4 is 0 Å². The quantitative estimate of drug-likeness (QED) is 0.774. The van der Waals surface area contributed by atoms with Gasteiger partial charge in [-0.15, -0.1) is 0 Å². The van der Waals surface area contributed by atoms with Gasteiger partial charge in [-0.05, 0) is 63.8 Å². The van der Waals surface area contributed by atoms with Gasteiger partial charge in [0.2, 0.25) is 0 Å². The largest absolute Gasteiger partial charge is 0.312 e. The first-order chi connectivity index (χ1) is 7.96. The molecule has 0 spiro atoms. The first-order valence-electron chi connectivity index (χ1n) is 7.71. The lowest BCUT2D eigenvalue weighted by Crippen LogP contribution is -2.44. The zero-order valence-corrected chi connectivity index (χ0v) is 12.3. The van der Waals surface area contributed by atoms with Gasteiger partial charge in [0, 0.05) is 5.54 Å². The molecule has 3 atom stereocenters. The van der Waals surface area contributed by atoms with Crippen molar-refractivity contribution in [3.05, 3.63) is 0 Å². The van der Waals surface area contributed by atoms with Crippen molar-refractivity contribution < 1.29 is 0 Å². The van der Waals surface area contributed by atoms with Crippen molar-refractivity contribution in [2.24, 2.45) is 23.7 Å². The fourth-order valence-electron chi connectivity index (χ4n) is 3.62. The number of hydrogen-bond acceptors (Lipinski definition) is 1. The Balaban J connectivity index is 1.88. The molecule has 0 aromatic carbocycles. The molecule has 1 N–H and O–H groups in total. The summed E-state index contributed by atoms with van der Waals surface area (Å²) < 4.78 is 0. The minimum Gasteiger partial charge on any atom is -0.312 e. The van der Waals surface area contributed by atoms with E-state index in [4.69, 9.17) is 0 Å². The maximum Gasteiger partial charge on any atom is 0.00966 e. The molecule has 0 aromatic rings. The summed E-state index contributed by atoms with van der Waals surface area (Å²) in [5.74, 6) is 4.04. The fraction of sp³-hybridized carbons (Fsp3) is 1.00. The zero-order chi connectivity index (χ0) is 12.5. The first-order valence-corrected chi connectivity index (χ1v) is 7.71. The third-order valence-corrected chi connectivity index (χ3v) is 4.96. The third-order valence-electron chi connectivity index (χ3n) is 4.96. The van der Waals surface area contributed by atoms with Gasteiger partial charge in [0.1, 0.15) is 0 Å². The highest BCUT2D eigenvalue weighted by Crippen LogP contribution is 2.45. The highest BCUT2D eigenvalue weighted by atomic mass is 14.9. The van der Waals surface area contributed by atoms with Gasteiger partial charge in [-0.3, -0.25) is 0 Å². The molecular formula is C16H31N. The molecular weight excluding hydrogens is 206 g/mol. The van der Waals surface area contributed by atoms with E-state index in [9.17, 15) is 0 Å². The lowest BCUT2D eigenvalue weighted by molar-refractivity contribution is 0.0748. The molecule has 17 heavy (non-hydrogen) atoms. The molecule has 2 aliphatic rings. The van der Waals surface area contributed by atoms with E-state index >= 15 is 0 Å². The van der Waals surface area contributed by atoms with E-state index < -0.39 is 0 Å². The van der Waals surface area contributed by atoms with Crippen molar-refractivity contribution in [1.29, 1.82) is 0 Å². The van der Waals surface area contributed by atoms with Gasteiger partial charge >= 0.3 is 0 Å². The minimum atomic E-state index is 0.285. The minimum absolute atomic E-state index is 0.285. The van der Waals surface area contributed by atoms with Crippen LogP contribution in [0.2, 0.25) is 0 Å². The van der Waals surface area contributed by atoms with Crippen LogP contribution in [0, 0.1) is 23.7 Å². The lowest BCUT2D eigenvalue weighted by Gasteiger charge is -2.44. The van der Waals surface area contributed by atoms with Gasteiger partial charge in [0.15, 0.2) is 0 Å². The molecule has 2 aliphatic carbocycles. The van der Waals surface area contributed by atoms with Crippen LogP contribution < -0.4 is 5.32 Å². The summed E-state index contributed by atoms with van der Waals surface area (Å²) in [6, 6.07) is 0. The molecule has 2 rings (SSSR count). The van der Waals surface area contributed by atoms with Gasteiger partial charge in [-0.25, -0.2) is 0 Å². The van der Waals surface area contributed by atoms with Crippen molar-refractivity contribution in [2.75, 3.05) is 6.54 Å².